The molecule has 2 unspecified atom stereocenters. The fourth-order valence-electron chi connectivity index (χ4n) is 8.01. The molecule has 4 aliphatic rings. The first-order valence-corrected chi connectivity index (χ1v) is 12.3. The van der Waals surface area contributed by atoms with Gasteiger partial charge in [-0.1, -0.05) is 77.2 Å². The highest BCUT2D eigenvalue weighted by molar-refractivity contribution is 5.38. The molecule has 3 saturated carbocycles. The minimum atomic E-state index is -0.106. The maximum atomic E-state index is 10.2. The molecule has 3 fully saturated rings. The van der Waals surface area contributed by atoms with Crippen molar-refractivity contribution in [3.63, 3.8) is 0 Å². The van der Waals surface area contributed by atoms with E-state index >= 15 is 0 Å². The highest BCUT2D eigenvalue weighted by Crippen LogP contribution is 2.66. The highest BCUT2D eigenvalue weighted by atomic mass is 16.3. The van der Waals surface area contributed by atoms with Crippen molar-refractivity contribution >= 4 is 0 Å². The summed E-state index contributed by atoms with van der Waals surface area (Å²) in [6.45, 7) is 12.5. The van der Waals surface area contributed by atoms with Crippen LogP contribution in [0.2, 0.25) is 0 Å². The van der Waals surface area contributed by atoms with Crippen molar-refractivity contribution in [1.29, 1.82) is 0 Å². The molecule has 4 aliphatic carbocycles. The third-order valence-corrected chi connectivity index (χ3v) is 9.75. The number of rotatable bonds is 5. The van der Waals surface area contributed by atoms with Gasteiger partial charge >= 0.3 is 0 Å². The number of fused-ring (bicyclic) bond motifs is 5. The molecule has 0 aromatic rings. The average molecular weight is 385 g/mol. The third kappa shape index (κ3) is 3.34. The molecule has 1 nitrogen and oxygen atoms in total. The van der Waals surface area contributed by atoms with Crippen LogP contribution in [0.3, 0.4) is 0 Å². The Kier molecular flexibility index (Phi) is 5.62. The molecule has 0 amide bonds. The topological polar surface area (TPSA) is 20.2 Å². The molecule has 1 N–H and O–H groups in total. The largest absolute Gasteiger partial charge is 0.393 e. The van der Waals surface area contributed by atoms with E-state index in [-0.39, 0.29) is 6.10 Å². The number of aliphatic hydroxyl groups is 1. The van der Waals surface area contributed by atoms with Crippen LogP contribution in [0.25, 0.3) is 0 Å². The van der Waals surface area contributed by atoms with Crippen molar-refractivity contribution in [3.05, 3.63) is 23.3 Å². The standard InChI is InChI=1S/C27H44O/c1-18(2)7-6-8-19(3)23-11-12-24-22-10-9-20-17-21(28)13-15-26(20,4)25(22)14-16-27(23,24)5/h9-10,18-19,21,23-25,28H,6-8,11-17H2,1-5H3/t19?,21-,23?,24-,25-,26-,27+/m0/s1. The Balaban J connectivity index is 1.53. The van der Waals surface area contributed by atoms with Gasteiger partial charge in [-0.05, 0) is 85.4 Å². The SMILES string of the molecule is CC(C)CCCC(C)C1CC[C@H]2C3=CC=C4C[C@@H](O)CC[C@]4(C)[C@H]3CC[C@]12C. The first kappa shape index (κ1) is 20.7. The van der Waals surface area contributed by atoms with Crippen LogP contribution >= 0.6 is 0 Å². The summed E-state index contributed by atoms with van der Waals surface area (Å²) >= 11 is 0. The van der Waals surface area contributed by atoms with Crippen molar-refractivity contribution in [2.75, 3.05) is 0 Å². The van der Waals surface area contributed by atoms with Crippen LogP contribution in [-0.2, 0) is 0 Å². The number of hydrogen-bond acceptors (Lipinski definition) is 1. The molecule has 0 aliphatic heterocycles. The van der Waals surface area contributed by atoms with Gasteiger partial charge in [0.05, 0.1) is 6.10 Å². The summed E-state index contributed by atoms with van der Waals surface area (Å²) in [6, 6.07) is 0. The molecule has 28 heavy (non-hydrogen) atoms. The molecule has 4 rings (SSSR count). The number of aliphatic hydroxyl groups excluding tert-OH is 1. The average Bonchev–Trinajstić information content (AvgIpc) is 2.99. The van der Waals surface area contributed by atoms with E-state index in [2.05, 4.69) is 46.8 Å². The van der Waals surface area contributed by atoms with Crippen molar-refractivity contribution < 1.29 is 5.11 Å². The summed E-state index contributed by atoms with van der Waals surface area (Å²) in [5, 5.41) is 10.2. The van der Waals surface area contributed by atoms with Gasteiger partial charge in [-0.3, -0.25) is 0 Å². The first-order valence-electron chi connectivity index (χ1n) is 12.3. The second-order valence-corrected chi connectivity index (χ2v) is 11.8. The summed E-state index contributed by atoms with van der Waals surface area (Å²) < 4.78 is 0. The van der Waals surface area contributed by atoms with E-state index < -0.39 is 0 Å². The van der Waals surface area contributed by atoms with Gasteiger partial charge in [-0.15, -0.1) is 0 Å². The number of hydrogen-bond donors (Lipinski definition) is 1. The second-order valence-electron chi connectivity index (χ2n) is 11.8. The fourth-order valence-corrected chi connectivity index (χ4v) is 8.01. The lowest BCUT2D eigenvalue weighted by atomic mass is 9.50. The summed E-state index contributed by atoms with van der Waals surface area (Å²) in [5.74, 6) is 4.19. The number of allylic oxidation sites excluding steroid dienone is 3. The second kappa shape index (κ2) is 7.60. The maximum Gasteiger partial charge on any atom is 0.0578 e. The molecule has 0 heterocycles. The Morgan fingerprint density at radius 2 is 1.75 bits per heavy atom. The van der Waals surface area contributed by atoms with E-state index in [9.17, 15) is 5.11 Å². The zero-order valence-electron chi connectivity index (χ0n) is 19.1. The van der Waals surface area contributed by atoms with Crippen LogP contribution < -0.4 is 0 Å². The lowest BCUT2D eigenvalue weighted by molar-refractivity contribution is 0.0323. The smallest absolute Gasteiger partial charge is 0.0578 e. The van der Waals surface area contributed by atoms with E-state index in [0.717, 1.165) is 42.4 Å². The van der Waals surface area contributed by atoms with Crippen LogP contribution in [0.15, 0.2) is 23.3 Å². The van der Waals surface area contributed by atoms with Crippen LogP contribution in [0, 0.1) is 40.4 Å². The Morgan fingerprint density at radius 1 is 0.964 bits per heavy atom. The van der Waals surface area contributed by atoms with Crippen LogP contribution in [0.5, 0.6) is 0 Å². The predicted molar refractivity (Wildman–Crippen MR) is 119 cm³/mol. The quantitative estimate of drug-likeness (QED) is 0.527. The Hall–Kier alpha value is -0.560. The van der Waals surface area contributed by atoms with Gasteiger partial charge in [0.2, 0.25) is 0 Å². The van der Waals surface area contributed by atoms with Gasteiger partial charge in [0.25, 0.3) is 0 Å². The van der Waals surface area contributed by atoms with E-state index in [1.54, 1.807) is 11.1 Å². The van der Waals surface area contributed by atoms with Gasteiger partial charge < -0.3 is 5.11 Å². The molecule has 0 aromatic carbocycles. The predicted octanol–water partition coefficient (Wildman–Crippen LogP) is 7.31. The zero-order valence-corrected chi connectivity index (χ0v) is 19.1. The van der Waals surface area contributed by atoms with Gasteiger partial charge in [-0.25, -0.2) is 0 Å². The Bertz CT molecular complexity index is 643. The van der Waals surface area contributed by atoms with E-state index in [1.807, 2.05) is 0 Å². The molecule has 158 valence electrons. The fraction of sp³-hybridized carbons (Fsp3) is 0.852. The lowest BCUT2D eigenvalue weighted by Gasteiger charge is -2.55. The summed E-state index contributed by atoms with van der Waals surface area (Å²) in [7, 11) is 0. The molecule has 7 atom stereocenters. The minimum absolute atomic E-state index is 0.106. The Labute approximate surface area is 174 Å². The normalized spacial score (nSPS) is 43.7. The molecule has 0 spiro atoms. The van der Waals surface area contributed by atoms with Crippen molar-refractivity contribution in [2.24, 2.45) is 40.4 Å². The maximum absolute atomic E-state index is 10.2. The molecule has 0 radical (unpaired) electrons. The highest BCUT2D eigenvalue weighted by Gasteiger charge is 2.56. The molecule has 1 heteroatoms. The molecule has 0 bridgehead atoms. The third-order valence-electron chi connectivity index (χ3n) is 9.75. The van der Waals surface area contributed by atoms with Gasteiger partial charge in [0.15, 0.2) is 0 Å². The molecule has 0 saturated heterocycles. The minimum Gasteiger partial charge on any atom is -0.393 e. The lowest BCUT2D eigenvalue weighted by Crippen LogP contribution is -2.46. The van der Waals surface area contributed by atoms with Gasteiger partial charge in [0.1, 0.15) is 0 Å². The molecule has 0 aromatic heterocycles. The monoisotopic (exact) mass is 384 g/mol. The summed E-state index contributed by atoms with van der Waals surface area (Å²) in [4.78, 5) is 0. The Morgan fingerprint density at radius 3 is 2.50 bits per heavy atom. The van der Waals surface area contributed by atoms with Crippen molar-refractivity contribution in [1.82, 2.24) is 0 Å². The van der Waals surface area contributed by atoms with Gasteiger partial charge in [0, 0.05) is 0 Å². The van der Waals surface area contributed by atoms with Crippen molar-refractivity contribution in [2.45, 2.75) is 105 Å². The van der Waals surface area contributed by atoms with Crippen LogP contribution in [-0.4, -0.2) is 11.2 Å². The van der Waals surface area contributed by atoms with Crippen LogP contribution in [0.1, 0.15) is 98.8 Å². The first-order chi connectivity index (χ1) is 13.3. The zero-order chi connectivity index (χ0) is 20.1. The summed E-state index contributed by atoms with van der Waals surface area (Å²) in [6.07, 6.45) is 17.8. The van der Waals surface area contributed by atoms with Gasteiger partial charge in [-0.2, -0.15) is 0 Å². The molecular formula is C27H44O. The van der Waals surface area contributed by atoms with E-state index in [4.69, 9.17) is 0 Å². The van der Waals surface area contributed by atoms with E-state index in [1.165, 1.54) is 51.4 Å². The molecular weight excluding hydrogens is 340 g/mol. The summed E-state index contributed by atoms with van der Waals surface area (Å²) in [5.41, 5.74) is 4.19. The van der Waals surface area contributed by atoms with Crippen molar-refractivity contribution in [3.8, 4) is 0 Å². The van der Waals surface area contributed by atoms with Crippen LogP contribution in [0.4, 0.5) is 0 Å². The van der Waals surface area contributed by atoms with E-state index in [0.29, 0.717) is 10.8 Å².